The summed E-state index contributed by atoms with van der Waals surface area (Å²) in [5.41, 5.74) is -1.06. The second-order valence-corrected chi connectivity index (χ2v) is 10.3. The molecule has 0 radical (unpaired) electrons. The van der Waals surface area contributed by atoms with Crippen LogP contribution in [-0.2, 0) is 25.6 Å². The molecule has 4 rings (SSSR count). The van der Waals surface area contributed by atoms with E-state index in [1.165, 1.54) is 18.2 Å². The van der Waals surface area contributed by atoms with Crippen molar-refractivity contribution in [2.75, 3.05) is 19.8 Å². The lowest BCUT2D eigenvalue weighted by molar-refractivity contribution is -0.384. The Morgan fingerprint density at radius 1 is 1.11 bits per heavy atom. The van der Waals surface area contributed by atoms with E-state index in [9.17, 15) is 29.6 Å². The maximum atomic E-state index is 13.2. The molecule has 0 saturated heterocycles. The van der Waals surface area contributed by atoms with Gasteiger partial charge in [-0.3, -0.25) is 14.9 Å². The molecular weight excluding hydrogens is 572 g/mol. The van der Waals surface area contributed by atoms with Crippen molar-refractivity contribution in [1.82, 2.24) is 14.9 Å². The minimum Gasteiger partial charge on any atom is -0.492 e. The molecule has 0 fully saturated rings. The molecule has 0 amide bonds. The number of aliphatic carboxylic acids is 1. The van der Waals surface area contributed by atoms with E-state index in [2.05, 4.69) is 10.3 Å². The quantitative estimate of drug-likeness (QED) is 0.163. The van der Waals surface area contributed by atoms with E-state index < -0.39 is 40.2 Å². The average molecular weight is 607 g/mol. The highest BCUT2D eigenvalue weighted by molar-refractivity contribution is 5.94. The molecule has 2 aromatic carbocycles. The number of imidazole rings is 1. The number of nitrogens with zero attached hydrogens (tertiary/aromatic N) is 3. The number of nitrogens with one attached hydrogen (secondary N) is 1. The van der Waals surface area contributed by atoms with Gasteiger partial charge < -0.3 is 29.2 Å². The van der Waals surface area contributed by atoms with Crippen LogP contribution < -0.4 is 10.1 Å². The molecule has 3 unspecified atom stereocenters. The van der Waals surface area contributed by atoms with Crippen LogP contribution in [0, 0.1) is 15.5 Å². The minimum absolute atomic E-state index is 0.0406. The molecule has 2 heterocycles. The fourth-order valence-corrected chi connectivity index (χ4v) is 5.56. The number of carbonyl (C=O) groups is 3. The SMILES string of the molecule is CCOC(=O)C1=C(C)NC(C)C(CCOC(=O)c2ccc(OCCn3ccnc3)cc2)(C(=O)O)C1c1cccc([N+](=O)[O-])c1. The fraction of sp³-hybridized carbons (Fsp3) is 0.355. The van der Waals surface area contributed by atoms with Crippen LogP contribution in [0.15, 0.2) is 78.5 Å². The van der Waals surface area contributed by atoms with Crippen molar-refractivity contribution in [1.29, 1.82) is 0 Å². The van der Waals surface area contributed by atoms with Crippen LogP contribution in [0.2, 0.25) is 0 Å². The third-order valence-corrected chi connectivity index (χ3v) is 7.74. The van der Waals surface area contributed by atoms with Crippen molar-refractivity contribution in [2.24, 2.45) is 5.41 Å². The van der Waals surface area contributed by atoms with E-state index in [0.717, 1.165) is 0 Å². The fourth-order valence-electron chi connectivity index (χ4n) is 5.56. The predicted molar refractivity (Wildman–Crippen MR) is 157 cm³/mol. The molecule has 13 nitrogen and oxygen atoms in total. The molecule has 1 aliphatic heterocycles. The van der Waals surface area contributed by atoms with Gasteiger partial charge in [-0.25, -0.2) is 14.6 Å². The summed E-state index contributed by atoms with van der Waals surface area (Å²) in [6, 6.07) is 11.1. The smallest absolute Gasteiger partial charge is 0.338 e. The molecule has 232 valence electrons. The third kappa shape index (κ3) is 6.72. The number of hydrogen-bond acceptors (Lipinski definition) is 10. The number of ether oxygens (including phenoxy) is 3. The van der Waals surface area contributed by atoms with Crippen LogP contribution in [0.1, 0.15) is 49.0 Å². The Morgan fingerprint density at radius 3 is 2.50 bits per heavy atom. The summed E-state index contributed by atoms with van der Waals surface area (Å²) >= 11 is 0. The monoisotopic (exact) mass is 606 g/mol. The van der Waals surface area contributed by atoms with Gasteiger partial charge in [0.25, 0.3) is 5.69 Å². The summed E-state index contributed by atoms with van der Waals surface area (Å²) in [6.07, 6.45) is 4.97. The highest BCUT2D eigenvalue weighted by atomic mass is 16.6. The molecule has 0 bridgehead atoms. The average Bonchev–Trinajstić information content (AvgIpc) is 3.52. The third-order valence-electron chi connectivity index (χ3n) is 7.74. The van der Waals surface area contributed by atoms with Crippen molar-refractivity contribution < 1.29 is 38.6 Å². The molecular formula is C31H34N4O9. The predicted octanol–water partition coefficient (Wildman–Crippen LogP) is 4.10. The Bertz CT molecular complexity index is 1540. The molecule has 3 atom stereocenters. The number of carbonyl (C=O) groups excluding carboxylic acids is 2. The first kappa shape index (κ1) is 31.7. The van der Waals surface area contributed by atoms with Crippen LogP contribution in [0.3, 0.4) is 0 Å². The van der Waals surface area contributed by atoms with Crippen LogP contribution >= 0.6 is 0 Å². The Labute approximate surface area is 253 Å². The number of hydrogen-bond donors (Lipinski definition) is 2. The van der Waals surface area contributed by atoms with E-state index in [1.807, 2.05) is 10.8 Å². The topological polar surface area (TPSA) is 172 Å². The Balaban J connectivity index is 1.56. The first-order valence-electron chi connectivity index (χ1n) is 14.1. The number of non-ortho nitro benzene ring substituents is 1. The number of aromatic nitrogens is 2. The second kappa shape index (κ2) is 13.8. The molecule has 3 aromatic rings. The van der Waals surface area contributed by atoms with Crippen LogP contribution in [0.4, 0.5) is 5.69 Å². The molecule has 0 spiro atoms. The summed E-state index contributed by atoms with van der Waals surface area (Å²) < 4.78 is 18.4. The number of esters is 2. The first-order valence-corrected chi connectivity index (χ1v) is 14.1. The lowest BCUT2D eigenvalue weighted by atomic mass is 9.60. The zero-order chi connectivity index (χ0) is 31.9. The number of carboxylic acid groups (broad SMARTS) is 1. The highest BCUT2D eigenvalue weighted by Crippen LogP contribution is 2.51. The molecule has 44 heavy (non-hydrogen) atoms. The number of allylic oxidation sites excluding steroid dienone is 1. The van der Waals surface area contributed by atoms with Crippen molar-refractivity contribution >= 4 is 23.6 Å². The Kier molecular flexibility index (Phi) is 9.99. The molecule has 1 aromatic heterocycles. The van der Waals surface area contributed by atoms with Crippen LogP contribution in [-0.4, -0.2) is 63.4 Å². The second-order valence-electron chi connectivity index (χ2n) is 10.3. The number of nitro benzene ring substituents is 1. The standard InChI is InChI=1S/C31H34N4O9/c1-4-42-29(37)26-20(2)33-21(3)31(30(38)39,27(26)23-6-5-7-24(18-23)35(40)41)12-16-44-28(36)22-8-10-25(11-9-22)43-17-15-34-14-13-32-19-34/h5-11,13-14,18-19,21,27,33H,4,12,15-17H2,1-3H3,(H,38,39). The molecule has 0 saturated carbocycles. The highest BCUT2D eigenvalue weighted by Gasteiger charge is 2.56. The summed E-state index contributed by atoms with van der Waals surface area (Å²) in [7, 11) is 0. The molecule has 13 heteroatoms. The first-order chi connectivity index (χ1) is 21.1. The largest absolute Gasteiger partial charge is 0.492 e. The summed E-state index contributed by atoms with van der Waals surface area (Å²) in [5.74, 6) is -3.27. The lowest BCUT2D eigenvalue weighted by Crippen LogP contribution is -2.57. The van der Waals surface area contributed by atoms with Gasteiger partial charge in [0.15, 0.2) is 0 Å². The normalized spacial score (nSPS) is 19.5. The lowest BCUT2D eigenvalue weighted by Gasteiger charge is -2.47. The van der Waals surface area contributed by atoms with E-state index in [-0.39, 0.29) is 42.0 Å². The van der Waals surface area contributed by atoms with Crippen molar-refractivity contribution in [3.8, 4) is 5.75 Å². The molecule has 2 N–H and O–H groups in total. The minimum atomic E-state index is -1.75. The van der Waals surface area contributed by atoms with Crippen molar-refractivity contribution in [3.63, 3.8) is 0 Å². The van der Waals surface area contributed by atoms with Crippen LogP contribution in [0.25, 0.3) is 0 Å². The van der Waals surface area contributed by atoms with E-state index in [4.69, 9.17) is 14.2 Å². The van der Waals surface area contributed by atoms with Gasteiger partial charge in [-0.1, -0.05) is 12.1 Å². The van der Waals surface area contributed by atoms with E-state index in [0.29, 0.717) is 24.6 Å². The van der Waals surface area contributed by atoms with Gasteiger partial charge in [0.2, 0.25) is 0 Å². The maximum absolute atomic E-state index is 13.2. The van der Waals surface area contributed by atoms with Gasteiger partial charge in [0, 0.05) is 48.6 Å². The van der Waals surface area contributed by atoms with Gasteiger partial charge in [0.05, 0.1) is 42.1 Å². The number of rotatable bonds is 13. The van der Waals surface area contributed by atoms with Gasteiger partial charge in [-0.15, -0.1) is 0 Å². The maximum Gasteiger partial charge on any atom is 0.338 e. The number of benzene rings is 2. The number of nitro groups is 1. The molecule has 0 aliphatic carbocycles. The summed E-state index contributed by atoms with van der Waals surface area (Å²) in [6.45, 7) is 5.64. The van der Waals surface area contributed by atoms with Crippen LogP contribution in [0.5, 0.6) is 5.75 Å². The number of carboxylic acids is 1. The van der Waals surface area contributed by atoms with E-state index >= 15 is 0 Å². The Hall–Kier alpha value is -5.20. The van der Waals surface area contributed by atoms with Gasteiger partial charge in [-0.2, -0.15) is 0 Å². The Morgan fingerprint density at radius 2 is 1.86 bits per heavy atom. The zero-order valence-corrected chi connectivity index (χ0v) is 24.6. The van der Waals surface area contributed by atoms with Crippen molar-refractivity contribution in [2.45, 2.75) is 45.7 Å². The van der Waals surface area contributed by atoms with Gasteiger partial charge >= 0.3 is 17.9 Å². The van der Waals surface area contributed by atoms with Gasteiger partial charge in [0.1, 0.15) is 17.8 Å². The summed E-state index contributed by atoms with van der Waals surface area (Å²) in [4.78, 5) is 54.2. The van der Waals surface area contributed by atoms with E-state index in [1.54, 1.807) is 63.6 Å². The zero-order valence-electron chi connectivity index (χ0n) is 24.6. The van der Waals surface area contributed by atoms with Gasteiger partial charge in [-0.05, 0) is 50.6 Å². The summed E-state index contributed by atoms with van der Waals surface area (Å²) in [5, 5.41) is 25.4. The van der Waals surface area contributed by atoms with Crippen molar-refractivity contribution in [3.05, 3.63) is 99.8 Å². The molecule has 1 aliphatic rings.